The lowest BCUT2D eigenvalue weighted by atomic mass is 10.0. The van der Waals surface area contributed by atoms with Gasteiger partial charge in [0.2, 0.25) is 0 Å². The predicted molar refractivity (Wildman–Crippen MR) is 92.0 cm³/mol. The standard InChI is InChI=1S/C19H17NO5/c1-23-12-5-6-13-11(10-25-18(13)7-12)9-24-17-4-2-3-15-14(17)8-16(20-15)19(21)22/h2-8,11,20H,9-10H2,1H3,(H,21,22)/t11-/m0/s1. The first kappa shape index (κ1) is 15.4. The van der Waals surface area contributed by atoms with Gasteiger partial charge in [0.05, 0.1) is 26.2 Å². The molecule has 1 atom stereocenters. The summed E-state index contributed by atoms with van der Waals surface area (Å²) in [4.78, 5) is 14.0. The van der Waals surface area contributed by atoms with Gasteiger partial charge in [0.25, 0.3) is 0 Å². The van der Waals surface area contributed by atoms with Gasteiger partial charge in [-0.25, -0.2) is 4.79 Å². The zero-order valence-electron chi connectivity index (χ0n) is 13.6. The molecule has 1 aliphatic heterocycles. The number of nitrogens with one attached hydrogen (secondary N) is 1. The van der Waals surface area contributed by atoms with E-state index in [1.165, 1.54) is 0 Å². The van der Waals surface area contributed by atoms with Crippen molar-refractivity contribution in [3.63, 3.8) is 0 Å². The minimum atomic E-state index is -0.991. The number of rotatable bonds is 5. The third-order valence-electron chi connectivity index (χ3n) is 4.40. The third kappa shape index (κ3) is 2.76. The normalized spacial score (nSPS) is 15.6. The third-order valence-corrected chi connectivity index (χ3v) is 4.40. The van der Waals surface area contributed by atoms with Crippen molar-refractivity contribution < 1.29 is 24.1 Å². The van der Waals surface area contributed by atoms with Crippen LogP contribution >= 0.6 is 0 Å². The number of fused-ring (bicyclic) bond motifs is 2. The summed E-state index contributed by atoms with van der Waals surface area (Å²) < 4.78 is 16.9. The van der Waals surface area contributed by atoms with Crippen molar-refractivity contribution in [2.24, 2.45) is 0 Å². The zero-order valence-corrected chi connectivity index (χ0v) is 13.6. The van der Waals surface area contributed by atoms with Gasteiger partial charge in [0.15, 0.2) is 0 Å². The Balaban J connectivity index is 1.55. The Bertz CT molecular complexity index is 946. The van der Waals surface area contributed by atoms with Crippen LogP contribution < -0.4 is 14.2 Å². The highest BCUT2D eigenvalue weighted by molar-refractivity contribution is 5.96. The smallest absolute Gasteiger partial charge is 0.352 e. The average Bonchev–Trinajstić information content (AvgIpc) is 3.23. The second-order valence-electron chi connectivity index (χ2n) is 5.93. The van der Waals surface area contributed by atoms with E-state index in [0.29, 0.717) is 19.0 Å². The maximum atomic E-state index is 11.1. The number of ether oxygens (including phenoxy) is 3. The molecule has 6 heteroatoms. The van der Waals surface area contributed by atoms with Gasteiger partial charge in [-0.2, -0.15) is 0 Å². The van der Waals surface area contributed by atoms with E-state index in [1.54, 1.807) is 13.2 Å². The van der Waals surface area contributed by atoms with Crippen LogP contribution in [-0.4, -0.2) is 36.4 Å². The first-order chi connectivity index (χ1) is 12.2. The molecular formula is C19H17NO5. The summed E-state index contributed by atoms with van der Waals surface area (Å²) in [5, 5.41) is 9.89. The molecule has 0 aliphatic carbocycles. The van der Waals surface area contributed by atoms with Gasteiger partial charge >= 0.3 is 5.97 Å². The Morgan fingerprint density at radius 2 is 2.20 bits per heavy atom. The number of aromatic amines is 1. The van der Waals surface area contributed by atoms with Crippen LogP contribution in [0.5, 0.6) is 17.2 Å². The van der Waals surface area contributed by atoms with Gasteiger partial charge in [-0.05, 0) is 24.3 Å². The number of carboxylic acid groups (broad SMARTS) is 1. The molecule has 1 aromatic heterocycles. The van der Waals surface area contributed by atoms with Crippen molar-refractivity contribution in [2.75, 3.05) is 20.3 Å². The molecule has 0 spiro atoms. The van der Waals surface area contributed by atoms with Crippen molar-refractivity contribution in [1.29, 1.82) is 0 Å². The average molecular weight is 339 g/mol. The number of H-pyrrole nitrogens is 1. The molecule has 0 radical (unpaired) electrons. The Kier molecular flexibility index (Phi) is 3.72. The van der Waals surface area contributed by atoms with E-state index in [9.17, 15) is 4.79 Å². The number of methoxy groups -OCH3 is 1. The summed E-state index contributed by atoms with van der Waals surface area (Å²) in [7, 11) is 1.63. The van der Waals surface area contributed by atoms with Gasteiger partial charge in [-0.3, -0.25) is 0 Å². The molecule has 0 amide bonds. The lowest BCUT2D eigenvalue weighted by Gasteiger charge is -2.12. The zero-order chi connectivity index (χ0) is 17.4. The van der Waals surface area contributed by atoms with E-state index < -0.39 is 5.97 Å². The number of hydrogen-bond acceptors (Lipinski definition) is 4. The quantitative estimate of drug-likeness (QED) is 0.744. The summed E-state index contributed by atoms with van der Waals surface area (Å²) in [5.41, 5.74) is 1.98. The van der Waals surface area contributed by atoms with Crippen LogP contribution in [0.1, 0.15) is 22.0 Å². The van der Waals surface area contributed by atoms with Crippen LogP contribution in [0.3, 0.4) is 0 Å². The summed E-state index contributed by atoms with van der Waals surface area (Å²) in [6.07, 6.45) is 0. The highest BCUT2D eigenvalue weighted by atomic mass is 16.5. The number of hydrogen-bond donors (Lipinski definition) is 2. The van der Waals surface area contributed by atoms with Crippen LogP contribution in [-0.2, 0) is 0 Å². The lowest BCUT2D eigenvalue weighted by Crippen LogP contribution is -2.11. The van der Waals surface area contributed by atoms with Crippen molar-refractivity contribution >= 4 is 16.9 Å². The lowest BCUT2D eigenvalue weighted by molar-refractivity contribution is 0.0691. The molecule has 2 aromatic carbocycles. The van der Waals surface area contributed by atoms with Crippen LogP contribution in [0.15, 0.2) is 42.5 Å². The van der Waals surface area contributed by atoms with E-state index in [0.717, 1.165) is 28.0 Å². The van der Waals surface area contributed by atoms with E-state index in [-0.39, 0.29) is 11.6 Å². The minimum absolute atomic E-state index is 0.119. The molecule has 1 aliphatic rings. The Morgan fingerprint density at radius 3 is 3.00 bits per heavy atom. The number of carbonyl (C=O) groups is 1. The first-order valence-electron chi connectivity index (χ1n) is 7.94. The maximum absolute atomic E-state index is 11.1. The van der Waals surface area contributed by atoms with Crippen molar-refractivity contribution in [2.45, 2.75) is 5.92 Å². The molecule has 6 nitrogen and oxygen atoms in total. The highest BCUT2D eigenvalue weighted by Gasteiger charge is 2.25. The molecule has 2 heterocycles. The van der Waals surface area contributed by atoms with Gasteiger partial charge in [0.1, 0.15) is 22.9 Å². The second-order valence-corrected chi connectivity index (χ2v) is 5.93. The SMILES string of the molecule is COc1ccc2c(c1)OC[C@@H]2COc1cccc2[nH]c(C(=O)O)cc12. The predicted octanol–water partition coefficient (Wildman–Crippen LogP) is 3.43. The number of aromatic carboxylic acids is 1. The fraction of sp³-hybridized carbons (Fsp3) is 0.211. The van der Waals surface area contributed by atoms with Crippen LogP contribution in [0.25, 0.3) is 10.9 Å². The molecule has 128 valence electrons. The summed E-state index contributed by atoms with van der Waals surface area (Å²) in [6.45, 7) is 0.998. The molecule has 0 saturated heterocycles. The monoisotopic (exact) mass is 339 g/mol. The fourth-order valence-electron chi connectivity index (χ4n) is 3.08. The first-order valence-corrected chi connectivity index (χ1v) is 7.94. The largest absolute Gasteiger partial charge is 0.497 e. The van der Waals surface area contributed by atoms with Crippen LogP contribution in [0.4, 0.5) is 0 Å². The Labute approximate surface area is 143 Å². The van der Waals surface area contributed by atoms with Crippen molar-refractivity contribution in [3.05, 3.63) is 53.7 Å². The Morgan fingerprint density at radius 1 is 1.32 bits per heavy atom. The topological polar surface area (TPSA) is 80.8 Å². The molecule has 0 bridgehead atoms. The molecule has 25 heavy (non-hydrogen) atoms. The molecule has 4 rings (SSSR count). The highest BCUT2D eigenvalue weighted by Crippen LogP contribution is 2.37. The van der Waals surface area contributed by atoms with Crippen LogP contribution in [0.2, 0.25) is 0 Å². The second kappa shape index (κ2) is 6.05. The molecule has 0 fully saturated rings. The molecule has 3 aromatic rings. The number of benzene rings is 2. The summed E-state index contributed by atoms with van der Waals surface area (Å²) in [6, 6.07) is 12.9. The fourth-order valence-corrected chi connectivity index (χ4v) is 3.08. The van der Waals surface area contributed by atoms with E-state index in [4.69, 9.17) is 19.3 Å². The van der Waals surface area contributed by atoms with Crippen molar-refractivity contribution in [1.82, 2.24) is 4.98 Å². The number of carboxylic acids is 1. The summed E-state index contributed by atoms with van der Waals surface area (Å²) in [5.74, 6) is 1.37. The van der Waals surface area contributed by atoms with E-state index >= 15 is 0 Å². The molecule has 0 unspecified atom stereocenters. The van der Waals surface area contributed by atoms with Crippen molar-refractivity contribution in [3.8, 4) is 17.2 Å². The van der Waals surface area contributed by atoms with E-state index in [2.05, 4.69) is 4.98 Å². The minimum Gasteiger partial charge on any atom is -0.497 e. The molecule has 0 saturated carbocycles. The molecule has 2 N–H and O–H groups in total. The van der Waals surface area contributed by atoms with Crippen LogP contribution in [0, 0.1) is 0 Å². The van der Waals surface area contributed by atoms with Gasteiger partial charge in [-0.15, -0.1) is 0 Å². The number of aromatic nitrogens is 1. The van der Waals surface area contributed by atoms with E-state index in [1.807, 2.05) is 36.4 Å². The maximum Gasteiger partial charge on any atom is 0.352 e. The van der Waals surface area contributed by atoms with Gasteiger partial charge < -0.3 is 24.3 Å². The van der Waals surface area contributed by atoms with Gasteiger partial charge in [0, 0.05) is 22.5 Å². The Hall–Kier alpha value is -3.15. The van der Waals surface area contributed by atoms with Gasteiger partial charge in [-0.1, -0.05) is 12.1 Å². The molecular weight excluding hydrogens is 322 g/mol. The summed E-state index contributed by atoms with van der Waals surface area (Å²) >= 11 is 0.